The molecule has 0 aromatic heterocycles. The third-order valence-corrected chi connectivity index (χ3v) is 2.55. The molecule has 0 aliphatic heterocycles. The number of hydrogen-bond donors (Lipinski definition) is 0. The predicted molar refractivity (Wildman–Crippen MR) is 67.8 cm³/mol. The van der Waals surface area contributed by atoms with Crippen molar-refractivity contribution in [3.8, 4) is 0 Å². The molecule has 0 radical (unpaired) electrons. The average molecular weight is 341 g/mol. The second-order valence-corrected chi connectivity index (χ2v) is 4.23. The van der Waals surface area contributed by atoms with Crippen LogP contribution >= 0.6 is 11.6 Å². The topological polar surface area (TPSA) is 68.1 Å². The monoisotopic (exact) mass is 340 g/mol. The minimum absolute atomic E-state index is 0.0451. The third kappa shape index (κ3) is 4.76. The quantitative estimate of drug-likeness (QED) is 0.464. The molecule has 0 atom stereocenters. The van der Waals surface area contributed by atoms with Gasteiger partial charge in [0.25, 0.3) is 5.78 Å². The first-order valence-corrected chi connectivity index (χ1v) is 6.18. The molecule has 0 aliphatic rings. The number of alkyl halides is 3. The Morgan fingerprint density at radius 1 is 1.32 bits per heavy atom. The number of ether oxygens (including phenoxy) is 1. The van der Waals surface area contributed by atoms with Gasteiger partial charge in [0, 0.05) is 0 Å². The number of benzene rings is 1. The molecule has 0 fully saturated rings. The van der Waals surface area contributed by atoms with Gasteiger partial charge < -0.3 is 4.74 Å². The lowest BCUT2D eigenvalue weighted by atomic mass is 10.2. The van der Waals surface area contributed by atoms with Gasteiger partial charge in [-0.15, -0.1) is 0 Å². The zero-order chi connectivity index (χ0) is 16.9. The highest BCUT2D eigenvalue weighted by Crippen LogP contribution is 2.27. The van der Waals surface area contributed by atoms with Crippen molar-refractivity contribution in [2.75, 3.05) is 13.2 Å². The first kappa shape index (κ1) is 18.0. The Morgan fingerprint density at radius 3 is 2.50 bits per heavy atom. The van der Waals surface area contributed by atoms with E-state index in [1.54, 1.807) is 6.92 Å². The van der Waals surface area contributed by atoms with Crippen molar-refractivity contribution in [2.45, 2.75) is 13.1 Å². The van der Waals surface area contributed by atoms with E-state index in [1.807, 2.05) is 0 Å². The van der Waals surface area contributed by atoms with Gasteiger partial charge >= 0.3 is 12.1 Å². The Kier molecular flexibility index (Phi) is 5.98. The van der Waals surface area contributed by atoms with Crippen molar-refractivity contribution in [2.24, 2.45) is 10.2 Å². The van der Waals surface area contributed by atoms with Gasteiger partial charge in [0.15, 0.2) is 5.82 Å². The molecule has 120 valence electrons. The van der Waals surface area contributed by atoms with Gasteiger partial charge in [0.2, 0.25) is 0 Å². The number of hydrogen-bond acceptors (Lipinski definition) is 5. The first-order chi connectivity index (χ1) is 10.2. The third-order valence-electron chi connectivity index (χ3n) is 2.24. The maximum atomic E-state index is 13.5. The molecule has 5 nitrogen and oxygen atoms in total. The molecule has 1 rings (SSSR count). The van der Waals surface area contributed by atoms with E-state index in [1.165, 1.54) is 0 Å². The van der Waals surface area contributed by atoms with Crippen LogP contribution in [0, 0.1) is 5.82 Å². The fourth-order valence-corrected chi connectivity index (χ4v) is 1.47. The van der Waals surface area contributed by atoms with Crippen molar-refractivity contribution < 1.29 is 31.9 Å². The summed E-state index contributed by atoms with van der Waals surface area (Å²) in [5, 5.41) is 5.88. The van der Waals surface area contributed by atoms with Crippen LogP contribution in [0.2, 0.25) is 5.02 Å². The molecule has 10 heteroatoms. The highest BCUT2D eigenvalue weighted by Gasteiger charge is 2.37. The number of Topliss-reactive ketones (excluding diaryl/α,β-unsaturated/α-hetero) is 1. The van der Waals surface area contributed by atoms with Gasteiger partial charge in [0.05, 0.1) is 17.2 Å². The van der Waals surface area contributed by atoms with Crippen LogP contribution in [-0.4, -0.2) is 31.1 Å². The predicted octanol–water partition coefficient (Wildman–Crippen LogP) is 3.87. The summed E-state index contributed by atoms with van der Waals surface area (Å²) in [5.41, 5.74) is -0.761. The van der Waals surface area contributed by atoms with Crippen LogP contribution in [-0.2, 0) is 9.53 Å². The van der Waals surface area contributed by atoms with Gasteiger partial charge in [0.1, 0.15) is 12.2 Å². The van der Waals surface area contributed by atoms with Crippen molar-refractivity contribution in [3.05, 3.63) is 28.5 Å². The Balaban J connectivity index is 2.98. The van der Waals surface area contributed by atoms with Crippen LogP contribution in [0.5, 0.6) is 0 Å². The zero-order valence-electron chi connectivity index (χ0n) is 11.1. The standard InChI is InChI=1S/C12H9ClF4N2O3/c1-2-22-11(21)6-3-9(8(14)4-7(6)13)19-18-5-10(20)12(15,16)17/h3-4H,2,5H2,1H3. The van der Waals surface area contributed by atoms with E-state index in [4.69, 9.17) is 11.6 Å². The highest BCUT2D eigenvalue weighted by atomic mass is 35.5. The van der Waals surface area contributed by atoms with Gasteiger partial charge in [-0.1, -0.05) is 11.6 Å². The molecule has 22 heavy (non-hydrogen) atoms. The van der Waals surface area contributed by atoms with Crippen molar-refractivity contribution in [1.82, 2.24) is 0 Å². The zero-order valence-corrected chi connectivity index (χ0v) is 11.8. The van der Waals surface area contributed by atoms with Gasteiger partial charge in [-0.2, -0.15) is 23.4 Å². The Bertz CT molecular complexity index is 617. The lowest BCUT2D eigenvalue weighted by Gasteiger charge is -2.05. The number of rotatable bonds is 5. The van der Waals surface area contributed by atoms with Gasteiger partial charge in [-0.25, -0.2) is 9.18 Å². The summed E-state index contributed by atoms with van der Waals surface area (Å²) in [4.78, 5) is 22.1. The Hall–Kier alpha value is -2.03. The number of carbonyl (C=O) groups is 2. The minimum atomic E-state index is -5.05. The van der Waals surface area contributed by atoms with E-state index in [0.717, 1.165) is 12.1 Å². The SMILES string of the molecule is CCOC(=O)c1cc(N=NCC(=O)C(F)(F)F)c(F)cc1Cl. The summed E-state index contributed by atoms with van der Waals surface area (Å²) in [6.07, 6.45) is -5.05. The van der Waals surface area contributed by atoms with Crippen molar-refractivity contribution >= 4 is 29.0 Å². The van der Waals surface area contributed by atoms with Crippen molar-refractivity contribution in [3.63, 3.8) is 0 Å². The molecule has 0 amide bonds. The largest absolute Gasteiger partial charge is 0.462 e. The molecule has 0 aliphatic carbocycles. The van der Waals surface area contributed by atoms with E-state index >= 15 is 0 Å². The second kappa shape index (κ2) is 7.30. The molecular formula is C12H9ClF4N2O3. The number of carbonyl (C=O) groups excluding carboxylic acids is 2. The molecule has 1 aromatic rings. The molecule has 0 bridgehead atoms. The normalized spacial score (nSPS) is 11.7. The van der Waals surface area contributed by atoms with E-state index in [-0.39, 0.29) is 17.2 Å². The number of ketones is 1. The van der Waals surface area contributed by atoms with Gasteiger partial charge in [-0.05, 0) is 19.1 Å². The van der Waals surface area contributed by atoms with Crippen LogP contribution in [0.1, 0.15) is 17.3 Å². The summed E-state index contributed by atoms with van der Waals surface area (Å²) >= 11 is 5.66. The smallest absolute Gasteiger partial charge is 0.452 e. The van der Waals surface area contributed by atoms with Crippen LogP contribution in [0.4, 0.5) is 23.2 Å². The highest BCUT2D eigenvalue weighted by molar-refractivity contribution is 6.33. The maximum absolute atomic E-state index is 13.5. The molecule has 0 unspecified atom stereocenters. The fraction of sp³-hybridized carbons (Fsp3) is 0.333. The molecular weight excluding hydrogens is 332 g/mol. The summed E-state index contributed by atoms with van der Waals surface area (Å²) in [7, 11) is 0. The van der Waals surface area contributed by atoms with Crippen molar-refractivity contribution in [1.29, 1.82) is 0 Å². The number of nitrogens with zero attached hydrogens (tertiary/aromatic N) is 2. The second-order valence-electron chi connectivity index (χ2n) is 3.82. The number of azo groups is 1. The van der Waals surface area contributed by atoms with E-state index < -0.39 is 36.0 Å². The molecule has 0 saturated heterocycles. The Morgan fingerprint density at radius 2 is 1.95 bits per heavy atom. The van der Waals surface area contributed by atoms with E-state index in [9.17, 15) is 27.2 Å². The van der Waals surface area contributed by atoms with E-state index in [0.29, 0.717) is 0 Å². The van der Waals surface area contributed by atoms with Crippen LogP contribution in [0.15, 0.2) is 22.4 Å². The maximum Gasteiger partial charge on any atom is 0.452 e. The Labute approximate surface area is 126 Å². The number of esters is 1. The summed E-state index contributed by atoms with van der Waals surface area (Å²) < 4.78 is 54.1. The van der Waals surface area contributed by atoms with Crippen LogP contribution in [0.3, 0.4) is 0 Å². The van der Waals surface area contributed by atoms with Crippen LogP contribution in [0.25, 0.3) is 0 Å². The first-order valence-electron chi connectivity index (χ1n) is 5.80. The number of halogens is 5. The molecule has 0 N–H and O–H groups in total. The molecule has 0 spiro atoms. The lowest BCUT2D eigenvalue weighted by Crippen LogP contribution is -2.24. The minimum Gasteiger partial charge on any atom is -0.462 e. The van der Waals surface area contributed by atoms with Crippen LogP contribution < -0.4 is 0 Å². The molecule has 0 saturated carbocycles. The van der Waals surface area contributed by atoms with E-state index in [2.05, 4.69) is 15.0 Å². The fourth-order valence-electron chi connectivity index (χ4n) is 1.24. The summed E-state index contributed by atoms with van der Waals surface area (Å²) in [6, 6.07) is 1.62. The summed E-state index contributed by atoms with van der Waals surface area (Å²) in [6.45, 7) is 0.294. The lowest BCUT2D eigenvalue weighted by molar-refractivity contribution is -0.169. The summed E-state index contributed by atoms with van der Waals surface area (Å²) in [5.74, 6) is -3.99. The molecule has 1 aromatic carbocycles. The van der Waals surface area contributed by atoms with Gasteiger partial charge in [-0.3, -0.25) is 4.79 Å². The average Bonchev–Trinajstić information content (AvgIpc) is 2.40. The molecule has 0 heterocycles.